The lowest BCUT2D eigenvalue weighted by molar-refractivity contribution is -0.144. The number of rotatable bonds is 9. The summed E-state index contributed by atoms with van der Waals surface area (Å²) in [5.74, 6) is -1.76. The van der Waals surface area contributed by atoms with Crippen LogP contribution in [0.15, 0.2) is 0 Å². The second-order valence-corrected chi connectivity index (χ2v) is 10.4. The van der Waals surface area contributed by atoms with Crippen LogP contribution in [0.5, 0.6) is 0 Å². The van der Waals surface area contributed by atoms with E-state index in [-0.39, 0.29) is 35.5 Å². The van der Waals surface area contributed by atoms with Crippen LogP contribution in [0.4, 0.5) is 4.79 Å². The summed E-state index contributed by atoms with van der Waals surface area (Å²) in [7, 11) is 0. The molecule has 32 heavy (non-hydrogen) atoms. The number of alkyl carbamates (subject to hydrolysis) is 1. The molecule has 0 aromatic carbocycles. The molecule has 1 saturated carbocycles. The molecule has 1 rings (SSSR count). The third-order valence-corrected chi connectivity index (χ3v) is 5.63. The topological polar surface area (TPSA) is 134 Å². The van der Waals surface area contributed by atoms with Crippen LogP contribution in [0.2, 0.25) is 0 Å². The summed E-state index contributed by atoms with van der Waals surface area (Å²) in [5.41, 5.74) is -0.646. The zero-order valence-electron chi connectivity index (χ0n) is 20.5. The average molecular weight is 456 g/mol. The van der Waals surface area contributed by atoms with Gasteiger partial charge in [0.05, 0.1) is 0 Å². The molecule has 0 aliphatic heterocycles. The van der Waals surface area contributed by atoms with Crippen LogP contribution in [0.3, 0.4) is 0 Å². The largest absolute Gasteiger partial charge is 0.480 e. The Morgan fingerprint density at radius 2 is 1.44 bits per heavy atom. The minimum Gasteiger partial charge on any atom is -0.480 e. The summed E-state index contributed by atoms with van der Waals surface area (Å²) in [5, 5.41) is 17.5. The number of carbonyl (C=O) groups is 4. The van der Waals surface area contributed by atoms with Gasteiger partial charge < -0.3 is 25.8 Å². The molecule has 2 atom stereocenters. The van der Waals surface area contributed by atoms with Crippen molar-refractivity contribution < 1.29 is 29.0 Å². The van der Waals surface area contributed by atoms with Gasteiger partial charge in [0.25, 0.3) is 0 Å². The number of nitrogens with one attached hydrogen (secondary N) is 3. The Morgan fingerprint density at radius 1 is 0.906 bits per heavy atom. The first kappa shape index (κ1) is 27.7. The van der Waals surface area contributed by atoms with Crippen molar-refractivity contribution >= 4 is 23.9 Å². The predicted octanol–water partition coefficient (Wildman–Crippen LogP) is 2.68. The van der Waals surface area contributed by atoms with Crippen LogP contribution in [-0.4, -0.2) is 53.2 Å². The number of hydrogen-bond donors (Lipinski definition) is 4. The van der Waals surface area contributed by atoms with Gasteiger partial charge >= 0.3 is 12.1 Å². The number of aliphatic carboxylic acids is 1. The molecule has 0 radical (unpaired) electrons. The number of hydrogen-bond acceptors (Lipinski definition) is 5. The number of ether oxygens (including phenoxy) is 1. The lowest BCUT2D eigenvalue weighted by Gasteiger charge is -2.30. The molecular weight excluding hydrogens is 414 g/mol. The van der Waals surface area contributed by atoms with Gasteiger partial charge in [0.2, 0.25) is 11.8 Å². The predicted molar refractivity (Wildman–Crippen MR) is 121 cm³/mol. The molecule has 0 bridgehead atoms. The van der Waals surface area contributed by atoms with Crippen molar-refractivity contribution in [2.24, 2.45) is 23.7 Å². The molecule has 0 aromatic rings. The summed E-state index contributed by atoms with van der Waals surface area (Å²) in [6.07, 6.45) is 2.22. The van der Waals surface area contributed by atoms with Gasteiger partial charge in [0.15, 0.2) is 0 Å². The summed E-state index contributed by atoms with van der Waals surface area (Å²) in [6, 6.07) is -1.58. The Bertz CT molecular complexity index is 663. The molecule has 9 nitrogen and oxygen atoms in total. The van der Waals surface area contributed by atoms with E-state index < -0.39 is 29.7 Å². The monoisotopic (exact) mass is 455 g/mol. The average Bonchev–Trinajstić information content (AvgIpc) is 2.66. The third kappa shape index (κ3) is 9.44. The first-order chi connectivity index (χ1) is 14.7. The fourth-order valence-corrected chi connectivity index (χ4v) is 3.74. The van der Waals surface area contributed by atoms with Crippen molar-refractivity contribution in [2.45, 2.75) is 91.8 Å². The molecule has 3 amide bonds. The van der Waals surface area contributed by atoms with Crippen molar-refractivity contribution in [1.29, 1.82) is 0 Å². The Kier molecular flexibility index (Phi) is 10.4. The lowest BCUT2D eigenvalue weighted by atomic mass is 9.81. The van der Waals surface area contributed by atoms with Gasteiger partial charge in [-0.15, -0.1) is 0 Å². The van der Waals surface area contributed by atoms with Gasteiger partial charge in [-0.25, -0.2) is 9.59 Å². The number of carboxylic acids is 1. The van der Waals surface area contributed by atoms with E-state index in [0.717, 1.165) is 12.8 Å². The van der Waals surface area contributed by atoms with E-state index in [1.54, 1.807) is 34.6 Å². The highest BCUT2D eigenvalue weighted by molar-refractivity contribution is 5.86. The summed E-state index contributed by atoms with van der Waals surface area (Å²) in [6.45, 7) is 13.0. The van der Waals surface area contributed by atoms with Gasteiger partial charge in [-0.1, -0.05) is 27.7 Å². The Morgan fingerprint density at radius 3 is 1.88 bits per heavy atom. The molecule has 9 heteroatoms. The zero-order chi connectivity index (χ0) is 24.6. The second-order valence-electron chi connectivity index (χ2n) is 10.4. The fourth-order valence-electron chi connectivity index (χ4n) is 3.74. The van der Waals surface area contributed by atoms with E-state index in [9.17, 15) is 24.3 Å². The minimum atomic E-state index is -1.02. The molecule has 184 valence electrons. The van der Waals surface area contributed by atoms with Crippen LogP contribution in [0.1, 0.15) is 74.1 Å². The van der Waals surface area contributed by atoms with Crippen molar-refractivity contribution in [3.05, 3.63) is 0 Å². The van der Waals surface area contributed by atoms with Gasteiger partial charge in [-0.05, 0) is 64.2 Å². The van der Waals surface area contributed by atoms with E-state index in [1.165, 1.54) is 0 Å². The maximum Gasteiger partial charge on any atom is 0.408 e. The minimum absolute atomic E-state index is 0.106. The first-order valence-electron chi connectivity index (χ1n) is 11.5. The highest BCUT2D eigenvalue weighted by Gasteiger charge is 2.32. The van der Waals surface area contributed by atoms with E-state index in [1.807, 2.05) is 13.8 Å². The third-order valence-electron chi connectivity index (χ3n) is 5.63. The van der Waals surface area contributed by atoms with Gasteiger partial charge in [-0.3, -0.25) is 9.59 Å². The first-order valence-corrected chi connectivity index (χ1v) is 11.5. The summed E-state index contributed by atoms with van der Waals surface area (Å²) < 4.78 is 5.25. The van der Waals surface area contributed by atoms with Gasteiger partial charge in [-0.2, -0.15) is 0 Å². The van der Waals surface area contributed by atoms with E-state index in [0.29, 0.717) is 19.4 Å². The van der Waals surface area contributed by atoms with Crippen LogP contribution in [0, 0.1) is 23.7 Å². The molecule has 0 unspecified atom stereocenters. The maximum absolute atomic E-state index is 12.6. The normalized spacial score (nSPS) is 20.9. The van der Waals surface area contributed by atoms with E-state index in [2.05, 4.69) is 16.0 Å². The molecule has 0 heterocycles. The van der Waals surface area contributed by atoms with E-state index in [4.69, 9.17) is 4.74 Å². The molecule has 0 spiro atoms. The van der Waals surface area contributed by atoms with Crippen molar-refractivity contribution in [3.8, 4) is 0 Å². The van der Waals surface area contributed by atoms with Crippen LogP contribution < -0.4 is 16.0 Å². The molecule has 0 saturated heterocycles. The molecule has 1 aliphatic carbocycles. The molecule has 1 aliphatic rings. The molecule has 0 aromatic heterocycles. The number of carboxylic acid groups (broad SMARTS) is 1. The fraction of sp³-hybridized carbons (Fsp3) is 0.826. The molecule has 1 fully saturated rings. The Labute approximate surface area is 191 Å². The smallest absolute Gasteiger partial charge is 0.408 e. The lowest BCUT2D eigenvalue weighted by Crippen LogP contribution is -2.51. The standard InChI is InChI=1S/C23H41N3O6/c1-13(2)17(26-22(31)32-23(5,6)7)20(28)24-12-15-8-10-16(11-9-15)19(27)25-18(14(3)4)21(29)30/h13-18H,8-12H2,1-7H3,(H,24,28)(H,25,27)(H,26,31)(H,29,30)/t15?,16?,17-,18+/m1/s1. The Hall–Kier alpha value is -2.32. The zero-order valence-corrected chi connectivity index (χ0v) is 20.5. The highest BCUT2D eigenvalue weighted by Crippen LogP contribution is 2.29. The van der Waals surface area contributed by atoms with Crippen LogP contribution >= 0.6 is 0 Å². The molecular formula is C23H41N3O6. The van der Waals surface area contributed by atoms with Gasteiger partial charge in [0.1, 0.15) is 17.7 Å². The molecule has 4 N–H and O–H groups in total. The van der Waals surface area contributed by atoms with Crippen LogP contribution in [-0.2, 0) is 19.1 Å². The quantitative estimate of drug-likeness (QED) is 0.422. The van der Waals surface area contributed by atoms with E-state index >= 15 is 0 Å². The number of carbonyl (C=O) groups excluding carboxylic acids is 3. The second kappa shape index (κ2) is 12.1. The van der Waals surface area contributed by atoms with Crippen molar-refractivity contribution in [1.82, 2.24) is 16.0 Å². The summed E-state index contributed by atoms with van der Waals surface area (Å²) >= 11 is 0. The SMILES string of the molecule is CC(C)[C@H](NC(=O)C1CCC(CNC(=O)[C@H](NC(=O)OC(C)(C)C)C(C)C)CC1)C(=O)O. The van der Waals surface area contributed by atoms with Crippen molar-refractivity contribution in [2.75, 3.05) is 6.54 Å². The summed E-state index contributed by atoms with van der Waals surface area (Å²) in [4.78, 5) is 48.5. The number of amides is 3. The van der Waals surface area contributed by atoms with Crippen molar-refractivity contribution in [3.63, 3.8) is 0 Å². The van der Waals surface area contributed by atoms with Crippen LogP contribution in [0.25, 0.3) is 0 Å². The highest BCUT2D eigenvalue weighted by atomic mass is 16.6. The Balaban J connectivity index is 2.50. The maximum atomic E-state index is 12.6. The van der Waals surface area contributed by atoms with Gasteiger partial charge in [0, 0.05) is 12.5 Å².